The topological polar surface area (TPSA) is 0 Å². The highest BCUT2D eigenvalue weighted by Gasteiger charge is 1.99. The van der Waals surface area contributed by atoms with Crippen molar-refractivity contribution in [2.45, 2.75) is 11.3 Å². The Morgan fingerprint density at radius 1 is 1.07 bits per heavy atom. The standard InChI is InChI=1S/C13H11IS/c14-11-5-4-8-13(10-9-11)15-12-6-2-1-3-7-12/h1-4,6-10H,5H2. The molecule has 0 nitrogen and oxygen atoms in total. The normalized spacial score (nSPS) is 15.5. The summed E-state index contributed by atoms with van der Waals surface area (Å²) in [5, 5.41) is 0. The highest BCUT2D eigenvalue weighted by molar-refractivity contribution is 14.1. The van der Waals surface area contributed by atoms with Crippen molar-refractivity contribution in [2.75, 3.05) is 0 Å². The summed E-state index contributed by atoms with van der Waals surface area (Å²) in [5.74, 6) is 0. The van der Waals surface area contributed by atoms with E-state index in [4.69, 9.17) is 0 Å². The zero-order valence-electron chi connectivity index (χ0n) is 8.19. The Balaban J connectivity index is 2.13. The van der Waals surface area contributed by atoms with Crippen LogP contribution in [0.5, 0.6) is 0 Å². The van der Waals surface area contributed by atoms with Gasteiger partial charge >= 0.3 is 0 Å². The van der Waals surface area contributed by atoms with Gasteiger partial charge in [-0.2, -0.15) is 0 Å². The molecule has 0 fully saturated rings. The lowest BCUT2D eigenvalue weighted by Gasteiger charge is -2.00. The maximum Gasteiger partial charge on any atom is 0.0122 e. The van der Waals surface area contributed by atoms with Crippen LogP contribution >= 0.6 is 34.4 Å². The maximum atomic E-state index is 2.38. The van der Waals surface area contributed by atoms with Gasteiger partial charge in [-0.3, -0.25) is 0 Å². The minimum absolute atomic E-state index is 1.05. The minimum atomic E-state index is 1.05. The quantitative estimate of drug-likeness (QED) is 0.694. The van der Waals surface area contributed by atoms with Crippen LogP contribution in [0.25, 0.3) is 0 Å². The van der Waals surface area contributed by atoms with Crippen LogP contribution in [-0.2, 0) is 0 Å². The van der Waals surface area contributed by atoms with E-state index in [1.807, 2.05) is 6.07 Å². The average Bonchev–Trinajstić information content (AvgIpc) is 2.46. The van der Waals surface area contributed by atoms with E-state index in [0.29, 0.717) is 0 Å². The molecule has 0 spiro atoms. The molecule has 1 aromatic rings. The molecular formula is C13H11IS. The Bertz CT molecular complexity index is 415. The lowest BCUT2D eigenvalue weighted by Crippen LogP contribution is -1.71. The van der Waals surface area contributed by atoms with Crippen LogP contribution < -0.4 is 0 Å². The smallest absolute Gasteiger partial charge is 0.0122 e. The molecule has 76 valence electrons. The van der Waals surface area contributed by atoms with Gasteiger partial charge in [-0.25, -0.2) is 0 Å². The van der Waals surface area contributed by atoms with E-state index in [1.165, 1.54) is 13.4 Å². The largest absolute Gasteiger partial charge is 0.0901 e. The number of thioether (sulfide) groups is 1. The SMILES string of the molecule is IC1=CC=C(Sc2ccccc2)C=CC1. The first-order chi connectivity index (χ1) is 7.34. The maximum absolute atomic E-state index is 2.38. The molecule has 15 heavy (non-hydrogen) atoms. The lowest BCUT2D eigenvalue weighted by atomic mass is 10.4. The summed E-state index contributed by atoms with van der Waals surface area (Å²) in [6.45, 7) is 0. The summed E-state index contributed by atoms with van der Waals surface area (Å²) in [5.41, 5.74) is 0. The van der Waals surface area contributed by atoms with E-state index < -0.39 is 0 Å². The van der Waals surface area contributed by atoms with Gasteiger partial charge in [-0.1, -0.05) is 48.2 Å². The zero-order valence-corrected chi connectivity index (χ0v) is 11.2. The van der Waals surface area contributed by atoms with E-state index in [2.05, 4.69) is 71.2 Å². The first-order valence-electron chi connectivity index (χ1n) is 4.80. The van der Waals surface area contributed by atoms with Crippen molar-refractivity contribution in [3.63, 3.8) is 0 Å². The van der Waals surface area contributed by atoms with Crippen molar-refractivity contribution in [2.24, 2.45) is 0 Å². The molecule has 2 heteroatoms. The lowest BCUT2D eigenvalue weighted by molar-refractivity contribution is 1.39. The summed E-state index contributed by atoms with van der Waals surface area (Å²) < 4.78 is 1.38. The first kappa shape index (κ1) is 11.0. The molecule has 0 unspecified atom stereocenters. The predicted octanol–water partition coefficient (Wildman–Crippen LogP) is 4.94. The minimum Gasteiger partial charge on any atom is -0.0901 e. The summed E-state index contributed by atoms with van der Waals surface area (Å²) in [6.07, 6.45) is 9.83. The van der Waals surface area contributed by atoms with Gasteiger partial charge in [0.2, 0.25) is 0 Å². The third-order valence-electron chi connectivity index (χ3n) is 2.00. The molecule has 0 aromatic heterocycles. The van der Waals surface area contributed by atoms with Gasteiger partial charge in [0.25, 0.3) is 0 Å². The first-order valence-corrected chi connectivity index (χ1v) is 6.70. The molecular weight excluding hydrogens is 315 g/mol. The zero-order chi connectivity index (χ0) is 10.5. The summed E-state index contributed by atoms with van der Waals surface area (Å²) in [4.78, 5) is 2.59. The Kier molecular flexibility index (Phi) is 4.09. The van der Waals surface area contributed by atoms with Crippen molar-refractivity contribution in [1.29, 1.82) is 0 Å². The van der Waals surface area contributed by atoms with Crippen LogP contribution in [0.3, 0.4) is 0 Å². The highest BCUT2D eigenvalue weighted by Crippen LogP contribution is 2.29. The Morgan fingerprint density at radius 3 is 2.67 bits per heavy atom. The van der Waals surface area contributed by atoms with E-state index >= 15 is 0 Å². The number of rotatable bonds is 2. The molecule has 1 aliphatic carbocycles. The monoisotopic (exact) mass is 326 g/mol. The number of hydrogen-bond acceptors (Lipinski definition) is 1. The fourth-order valence-corrected chi connectivity index (χ4v) is 2.58. The van der Waals surface area contributed by atoms with E-state index in [-0.39, 0.29) is 0 Å². The third-order valence-corrected chi connectivity index (χ3v) is 3.82. The van der Waals surface area contributed by atoms with Gasteiger partial charge in [0.15, 0.2) is 0 Å². The molecule has 0 aliphatic heterocycles. The van der Waals surface area contributed by atoms with Crippen molar-refractivity contribution in [3.05, 3.63) is 63.1 Å². The Labute approximate surface area is 108 Å². The van der Waals surface area contributed by atoms with Crippen LogP contribution in [-0.4, -0.2) is 0 Å². The van der Waals surface area contributed by atoms with Crippen molar-refractivity contribution in [1.82, 2.24) is 0 Å². The summed E-state index contributed by atoms with van der Waals surface area (Å²) in [7, 11) is 0. The van der Waals surface area contributed by atoms with Crippen LogP contribution in [0, 0.1) is 0 Å². The van der Waals surface area contributed by atoms with Gasteiger partial charge in [-0.15, -0.1) is 0 Å². The number of halogens is 1. The molecule has 0 saturated heterocycles. The van der Waals surface area contributed by atoms with Crippen LogP contribution in [0.1, 0.15) is 6.42 Å². The molecule has 2 rings (SSSR count). The number of benzene rings is 1. The fourth-order valence-electron chi connectivity index (χ4n) is 1.28. The van der Waals surface area contributed by atoms with Crippen molar-refractivity contribution >= 4 is 34.4 Å². The molecule has 0 radical (unpaired) electrons. The Hall–Kier alpha value is -0.480. The second-order valence-corrected chi connectivity index (χ2v) is 5.74. The van der Waals surface area contributed by atoms with E-state index in [1.54, 1.807) is 11.8 Å². The molecule has 0 heterocycles. The molecule has 0 atom stereocenters. The summed E-state index contributed by atoms with van der Waals surface area (Å²) >= 11 is 4.18. The van der Waals surface area contributed by atoms with Crippen LogP contribution in [0.2, 0.25) is 0 Å². The second-order valence-electron chi connectivity index (χ2n) is 3.20. The van der Waals surface area contributed by atoms with Gasteiger partial charge in [0.05, 0.1) is 0 Å². The van der Waals surface area contributed by atoms with Crippen molar-refractivity contribution < 1.29 is 0 Å². The third kappa shape index (κ3) is 3.54. The van der Waals surface area contributed by atoms with E-state index in [9.17, 15) is 0 Å². The fraction of sp³-hybridized carbons (Fsp3) is 0.0769. The van der Waals surface area contributed by atoms with Gasteiger partial charge < -0.3 is 0 Å². The van der Waals surface area contributed by atoms with Gasteiger partial charge in [0, 0.05) is 9.80 Å². The Morgan fingerprint density at radius 2 is 1.87 bits per heavy atom. The summed E-state index contributed by atoms with van der Waals surface area (Å²) in [6, 6.07) is 10.5. The predicted molar refractivity (Wildman–Crippen MR) is 76.2 cm³/mol. The highest BCUT2D eigenvalue weighted by atomic mass is 127. The second kappa shape index (κ2) is 5.56. The molecule has 0 N–H and O–H groups in total. The van der Waals surface area contributed by atoms with Crippen LogP contribution in [0.15, 0.2) is 68.0 Å². The molecule has 0 amide bonds. The van der Waals surface area contributed by atoms with Crippen molar-refractivity contribution in [3.8, 4) is 0 Å². The molecule has 0 saturated carbocycles. The number of allylic oxidation sites excluding steroid dienone is 5. The van der Waals surface area contributed by atoms with Gasteiger partial charge in [-0.05, 0) is 50.8 Å². The van der Waals surface area contributed by atoms with Gasteiger partial charge in [0.1, 0.15) is 0 Å². The molecule has 1 aliphatic rings. The molecule has 1 aromatic carbocycles. The number of hydrogen-bond donors (Lipinski definition) is 0. The van der Waals surface area contributed by atoms with E-state index in [0.717, 1.165) is 6.42 Å². The van der Waals surface area contributed by atoms with Crippen LogP contribution in [0.4, 0.5) is 0 Å². The molecule has 0 bridgehead atoms. The average molecular weight is 326 g/mol.